The standard InChI is InChI=1S/C22H46O/c1-9-11-13-15-21(19(7)17(3)4)23-22(16-14-12-10-2)20(8)18(5)6/h17-22H,9-16H2,1-8H3. The van der Waals surface area contributed by atoms with E-state index in [1.807, 2.05) is 0 Å². The van der Waals surface area contributed by atoms with Crippen LogP contribution >= 0.6 is 0 Å². The van der Waals surface area contributed by atoms with E-state index in [4.69, 9.17) is 4.74 Å². The summed E-state index contributed by atoms with van der Waals surface area (Å²) in [6, 6.07) is 0. The molecular weight excluding hydrogens is 280 g/mol. The molecule has 0 saturated heterocycles. The average Bonchev–Trinajstić information content (AvgIpc) is 2.51. The smallest absolute Gasteiger partial charge is 0.0607 e. The topological polar surface area (TPSA) is 9.23 Å². The Morgan fingerprint density at radius 1 is 0.565 bits per heavy atom. The van der Waals surface area contributed by atoms with Crippen molar-refractivity contribution in [2.75, 3.05) is 0 Å². The van der Waals surface area contributed by atoms with Gasteiger partial charge >= 0.3 is 0 Å². The molecule has 0 amide bonds. The van der Waals surface area contributed by atoms with Crippen LogP contribution < -0.4 is 0 Å². The van der Waals surface area contributed by atoms with E-state index in [1.165, 1.54) is 51.4 Å². The Balaban J connectivity index is 4.84. The first-order valence-corrected chi connectivity index (χ1v) is 10.5. The van der Waals surface area contributed by atoms with Crippen LogP contribution in [-0.4, -0.2) is 12.2 Å². The third-order valence-corrected chi connectivity index (χ3v) is 5.81. The van der Waals surface area contributed by atoms with E-state index in [0.717, 1.165) is 0 Å². The fourth-order valence-electron chi connectivity index (χ4n) is 3.18. The monoisotopic (exact) mass is 326 g/mol. The van der Waals surface area contributed by atoms with Crippen molar-refractivity contribution in [3.63, 3.8) is 0 Å². The van der Waals surface area contributed by atoms with Gasteiger partial charge in [0.15, 0.2) is 0 Å². The summed E-state index contributed by atoms with van der Waals surface area (Å²) in [6.07, 6.45) is 11.3. The van der Waals surface area contributed by atoms with Crippen molar-refractivity contribution in [2.45, 2.75) is 119 Å². The van der Waals surface area contributed by atoms with E-state index in [0.29, 0.717) is 35.9 Å². The maximum Gasteiger partial charge on any atom is 0.0607 e. The molecule has 4 unspecified atom stereocenters. The molecule has 0 spiro atoms. The zero-order chi connectivity index (χ0) is 17.8. The van der Waals surface area contributed by atoms with Crippen molar-refractivity contribution in [3.05, 3.63) is 0 Å². The zero-order valence-corrected chi connectivity index (χ0v) is 17.5. The molecule has 23 heavy (non-hydrogen) atoms. The van der Waals surface area contributed by atoms with Crippen molar-refractivity contribution >= 4 is 0 Å². The van der Waals surface area contributed by atoms with Crippen molar-refractivity contribution in [3.8, 4) is 0 Å². The average molecular weight is 327 g/mol. The second-order valence-corrected chi connectivity index (χ2v) is 8.41. The summed E-state index contributed by atoms with van der Waals surface area (Å²) in [7, 11) is 0. The summed E-state index contributed by atoms with van der Waals surface area (Å²) in [5.41, 5.74) is 0. The van der Waals surface area contributed by atoms with Gasteiger partial charge in [0, 0.05) is 0 Å². The van der Waals surface area contributed by atoms with Crippen molar-refractivity contribution in [1.82, 2.24) is 0 Å². The second kappa shape index (κ2) is 13.3. The quantitative estimate of drug-likeness (QED) is 0.300. The summed E-state index contributed by atoms with van der Waals surface area (Å²) in [4.78, 5) is 0. The number of hydrogen-bond acceptors (Lipinski definition) is 1. The lowest BCUT2D eigenvalue weighted by molar-refractivity contribution is -0.0861. The van der Waals surface area contributed by atoms with Gasteiger partial charge in [-0.1, -0.05) is 93.9 Å². The van der Waals surface area contributed by atoms with Gasteiger partial charge in [0.05, 0.1) is 12.2 Å². The van der Waals surface area contributed by atoms with Crippen LogP contribution in [0.25, 0.3) is 0 Å². The van der Waals surface area contributed by atoms with Crippen LogP contribution in [0.15, 0.2) is 0 Å². The molecule has 1 nitrogen and oxygen atoms in total. The number of rotatable bonds is 14. The molecule has 0 rings (SSSR count). The fourth-order valence-corrected chi connectivity index (χ4v) is 3.18. The first kappa shape index (κ1) is 23.0. The Kier molecular flexibility index (Phi) is 13.3. The third kappa shape index (κ3) is 9.75. The summed E-state index contributed by atoms with van der Waals surface area (Å²) in [5.74, 6) is 2.71. The summed E-state index contributed by atoms with van der Waals surface area (Å²) in [6.45, 7) is 18.7. The molecule has 140 valence electrons. The van der Waals surface area contributed by atoms with E-state index in [9.17, 15) is 0 Å². The first-order chi connectivity index (χ1) is 10.8. The maximum absolute atomic E-state index is 6.79. The molecule has 0 aromatic carbocycles. The van der Waals surface area contributed by atoms with Crippen LogP contribution in [0.2, 0.25) is 0 Å². The highest BCUT2D eigenvalue weighted by Gasteiger charge is 2.28. The molecule has 0 saturated carbocycles. The highest BCUT2D eigenvalue weighted by atomic mass is 16.5. The molecular formula is C22H46O. The molecule has 0 aliphatic rings. The van der Waals surface area contributed by atoms with Crippen molar-refractivity contribution in [1.29, 1.82) is 0 Å². The molecule has 0 bridgehead atoms. The maximum atomic E-state index is 6.79. The molecule has 0 radical (unpaired) electrons. The molecule has 0 heterocycles. The van der Waals surface area contributed by atoms with Crippen LogP contribution in [0.4, 0.5) is 0 Å². The minimum absolute atomic E-state index is 0.439. The Bertz CT molecular complexity index is 233. The van der Waals surface area contributed by atoms with Gasteiger partial charge in [0.2, 0.25) is 0 Å². The summed E-state index contributed by atoms with van der Waals surface area (Å²) >= 11 is 0. The van der Waals surface area contributed by atoms with E-state index in [-0.39, 0.29) is 0 Å². The Morgan fingerprint density at radius 2 is 0.913 bits per heavy atom. The molecule has 0 aromatic rings. The van der Waals surface area contributed by atoms with E-state index < -0.39 is 0 Å². The lowest BCUT2D eigenvalue weighted by Gasteiger charge is -2.35. The highest BCUT2D eigenvalue weighted by molar-refractivity contribution is 4.76. The normalized spacial score (nSPS) is 17.5. The lowest BCUT2D eigenvalue weighted by Crippen LogP contribution is -2.35. The Hall–Kier alpha value is -0.0400. The van der Waals surface area contributed by atoms with Crippen molar-refractivity contribution < 1.29 is 4.74 Å². The van der Waals surface area contributed by atoms with Crippen LogP contribution in [0.3, 0.4) is 0 Å². The van der Waals surface area contributed by atoms with Gasteiger partial charge in [-0.25, -0.2) is 0 Å². The molecule has 0 aromatic heterocycles. The Morgan fingerprint density at radius 3 is 1.17 bits per heavy atom. The van der Waals surface area contributed by atoms with Crippen LogP contribution in [-0.2, 0) is 4.74 Å². The van der Waals surface area contributed by atoms with Gasteiger partial charge in [-0.3, -0.25) is 0 Å². The number of unbranched alkanes of at least 4 members (excludes halogenated alkanes) is 4. The number of ether oxygens (including phenoxy) is 1. The predicted molar refractivity (Wildman–Crippen MR) is 105 cm³/mol. The first-order valence-electron chi connectivity index (χ1n) is 10.5. The molecule has 0 aliphatic carbocycles. The summed E-state index contributed by atoms with van der Waals surface area (Å²) < 4.78 is 6.79. The second-order valence-electron chi connectivity index (χ2n) is 8.41. The van der Waals surface area contributed by atoms with Crippen molar-refractivity contribution in [2.24, 2.45) is 23.7 Å². The Labute approximate surface area is 148 Å². The van der Waals surface area contributed by atoms with Gasteiger partial charge < -0.3 is 4.74 Å². The highest BCUT2D eigenvalue weighted by Crippen LogP contribution is 2.29. The largest absolute Gasteiger partial charge is 0.374 e. The molecule has 0 fully saturated rings. The SMILES string of the molecule is CCCCCC(OC(CCCCC)C(C)C(C)C)C(C)C(C)C. The third-order valence-electron chi connectivity index (χ3n) is 5.81. The predicted octanol–water partition coefficient (Wildman–Crippen LogP) is 7.49. The van der Waals surface area contributed by atoms with Crippen LogP contribution in [0, 0.1) is 23.7 Å². The van der Waals surface area contributed by atoms with Gasteiger partial charge in [-0.05, 0) is 36.5 Å². The van der Waals surface area contributed by atoms with E-state index >= 15 is 0 Å². The van der Waals surface area contributed by atoms with Crippen LogP contribution in [0.5, 0.6) is 0 Å². The number of hydrogen-bond donors (Lipinski definition) is 0. The minimum atomic E-state index is 0.439. The zero-order valence-electron chi connectivity index (χ0n) is 17.5. The van der Waals surface area contributed by atoms with Gasteiger partial charge in [-0.15, -0.1) is 0 Å². The minimum Gasteiger partial charge on any atom is -0.374 e. The molecule has 0 aliphatic heterocycles. The molecule has 4 atom stereocenters. The fraction of sp³-hybridized carbons (Fsp3) is 1.00. The summed E-state index contributed by atoms with van der Waals surface area (Å²) in [5, 5.41) is 0. The van der Waals surface area contributed by atoms with E-state index in [2.05, 4.69) is 55.4 Å². The molecule has 1 heteroatoms. The van der Waals surface area contributed by atoms with Gasteiger partial charge in [0.1, 0.15) is 0 Å². The van der Waals surface area contributed by atoms with E-state index in [1.54, 1.807) is 0 Å². The van der Waals surface area contributed by atoms with Gasteiger partial charge in [-0.2, -0.15) is 0 Å². The van der Waals surface area contributed by atoms with Gasteiger partial charge in [0.25, 0.3) is 0 Å². The molecule has 0 N–H and O–H groups in total. The lowest BCUT2D eigenvalue weighted by atomic mass is 9.86. The van der Waals surface area contributed by atoms with Crippen LogP contribution in [0.1, 0.15) is 107 Å².